The molecule has 1 aromatic rings. The Balaban J connectivity index is 3.77. The quantitative estimate of drug-likeness (QED) is 0.659. The fourth-order valence-corrected chi connectivity index (χ4v) is 4.29. The monoisotopic (exact) mass is 372 g/mol. The van der Waals surface area contributed by atoms with Crippen LogP contribution >= 0.6 is 15.9 Å². The summed E-state index contributed by atoms with van der Waals surface area (Å²) < 4.78 is 13.0. The summed E-state index contributed by atoms with van der Waals surface area (Å²) in [4.78, 5) is 0. The minimum atomic E-state index is -1.19. The van der Waals surface area contributed by atoms with Gasteiger partial charge >= 0.3 is 0 Å². The topological polar surface area (TPSA) is 18.5 Å². The van der Waals surface area contributed by atoms with Crippen LogP contribution in [0, 0.1) is 0 Å². The zero-order valence-corrected chi connectivity index (χ0v) is 17.6. The largest absolute Gasteiger partial charge is 0.544 e. The van der Waals surface area contributed by atoms with Crippen LogP contribution in [-0.2, 0) is 10.8 Å². The molecule has 0 fully saturated rings. The second kappa shape index (κ2) is 6.33. The summed E-state index contributed by atoms with van der Waals surface area (Å²) in [6.45, 7) is 17.7. The van der Waals surface area contributed by atoms with Gasteiger partial charge in [0.1, 0.15) is 5.75 Å². The molecule has 0 bridgehead atoms. The van der Waals surface area contributed by atoms with Crippen molar-refractivity contribution in [1.82, 2.24) is 0 Å². The summed E-state index contributed by atoms with van der Waals surface area (Å²) >= 11 is 3.76. The van der Waals surface area contributed by atoms with Crippen molar-refractivity contribution in [3.05, 3.63) is 21.7 Å². The van der Waals surface area contributed by atoms with E-state index in [9.17, 15) is 0 Å². The van der Waals surface area contributed by atoms with Crippen molar-refractivity contribution in [2.24, 2.45) is 0 Å². The standard InChI is InChI=1S/C17H29BrO2Si/c1-16(2,3)13-11(18)10-12(20-21(8)9)15(19-7)14(13)17(4,5)6/h10,21H,1-9H3. The van der Waals surface area contributed by atoms with Crippen LogP contribution in [0.4, 0.5) is 0 Å². The van der Waals surface area contributed by atoms with E-state index < -0.39 is 9.04 Å². The molecule has 0 radical (unpaired) electrons. The molecule has 2 nitrogen and oxygen atoms in total. The van der Waals surface area contributed by atoms with Crippen LogP contribution in [-0.4, -0.2) is 16.2 Å². The first-order chi connectivity index (χ1) is 9.39. The van der Waals surface area contributed by atoms with Gasteiger partial charge in [-0.1, -0.05) is 57.5 Å². The Bertz CT molecular complexity index is 511. The molecule has 21 heavy (non-hydrogen) atoms. The summed E-state index contributed by atoms with van der Waals surface area (Å²) in [5.41, 5.74) is 2.54. The summed E-state index contributed by atoms with van der Waals surface area (Å²) in [6.07, 6.45) is 0. The lowest BCUT2D eigenvalue weighted by atomic mass is 9.74. The van der Waals surface area contributed by atoms with Gasteiger partial charge in [-0.25, -0.2) is 0 Å². The van der Waals surface area contributed by atoms with Crippen molar-refractivity contribution < 1.29 is 9.16 Å². The Labute approximate surface area is 140 Å². The molecule has 0 aliphatic rings. The predicted octanol–water partition coefficient (Wildman–Crippen LogP) is 5.41. The third-order valence-electron chi connectivity index (χ3n) is 3.26. The molecule has 0 aromatic heterocycles. The van der Waals surface area contributed by atoms with Crippen LogP contribution in [0.5, 0.6) is 11.5 Å². The van der Waals surface area contributed by atoms with Gasteiger partial charge in [-0.2, -0.15) is 0 Å². The first-order valence-corrected chi connectivity index (χ1v) is 11.0. The van der Waals surface area contributed by atoms with Crippen LogP contribution < -0.4 is 9.16 Å². The highest BCUT2D eigenvalue weighted by Crippen LogP contribution is 2.48. The molecule has 0 atom stereocenters. The normalized spacial score (nSPS) is 12.7. The molecule has 0 heterocycles. The molecule has 120 valence electrons. The average Bonchev–Trinajstić information content (AvgIpc) is 2.24. The summed E-state index contributed by atoms with van der Waals surface area (Å²) in [7, 11) is 0.543. The molecule has 0 spiro atoms. The van der Waals surface area contributed by atoms with Gasteiger partial charge in [-0.3, -0.25) is 0 Å². The van der Waals surface area contributed by atoms with E-state index in [2.05, 4.69) is 76.6 Å². The van der Waals surface area contributed by atoms with E-state index >= 15 is 0 Å². The van der Waals surface area contributed by atoms with Crippen molar-refractivity contribution in [3.63, 3.8) is 0 Å². The highest BCUT2D eigenvalue weighted by atomic mass is 79.9. The number of ether oxygens (including phenoxy) is 1. The van der Waals surface area contributed by atoms with Gasteiger partial charge in [-0.15, -0.1) is 0 Å². The van der Waals surface area contributed by atoms with E-state index in [1.54, 1.807) is 7.11 Å². The fourth-order valence-electron chi connectivity index (χ4n) is 2.60. The van der Waals surface area contributed by atoms with Crippen LogP contribution in [0.1, 0.15) is 52.7 Å². The molecule has 4 heteroatoms. The Morgan fingerprint density at radius 1 is 0.952 bits per heavy atom. The second-order valence-corrected chi connectivity index (χ2v) is 11.0. The third-order valence-corrected chi connectivity index (χ3v) is 4.62. The van der Waals surface area contributed by atoms with E-state index in [0.717, 1.165) is 16.0 Å². The number of halogens is 1. The van der Waals surface area contributed by atoms with Gasteiger partial charge < -0.3 is 9.16 Å². The van der Waals surface area contributed by atoms with E-state index in [-0.39, 0.29) is 10.8 Å². The molecule has 1 rings (SSSR count). The van der Waals surface area contributed by atoms with E-state index in [1.165, 1.54) is 11.1 Å². The van der Waals surface area contributed by atoms with Crippen LogP contribution in [0.2, 0.25) is 13.1 Å². The van der Waals surface area contributed by atoms with Crippen LogP contribution in [0.15, 0.2) is 10.5 Å². The van der Waals surface area contributed by atoms with Gasteiger partial charge in [0, 0.05) is 10.0 Å². The van der Waals surface area contributed by atoms with Crippen molar-refractivity contribution in [1.29, 1.82) is 0 Å². The SMILES string of the molecule is COc1c(O[SiH](C)C)cc(Br)c(C(C)(C)C)c1C(C)(C)C. The second-order valence-electron chi connectivity index (χ2n) is 7.81. The van der Waals surface area contributed by atoms with Crippen LogP contribution in [0.3, 0.4) is 0 Å². The zero-order chi connectivity index (χ0) is 16.6. The lowest BCUT2D eigenvalue weighted by Crippen LogP contribution is -2.24. The lowest BCUT2D eigenvalue weighted by Gasteiger charge is -2.34. The molecule has 0 saturated heterocycles. The van der Waals surface area contributed by atoms with E-state index in [4.69, 9.17) is 9.16 Å². The van der Waals surface area contributed by atoms with Gasteiger partial charge in [0.25, 0.3) is 0 Å². The van der Waals surface area contributed by atoms with Crippen molar-refractivity contribution >= 4 is 25.0 Å². The van der Waals surface area contributed by atoms with E-state index in [1.807, 2.05) is 0 Å². The van der Waals surface area contributed by atoms with Gasteiger partial charge in [0.05, 0.1) is 7.11 Å². The van der Waals surface area contributed by atoms with Crippen molar-refractivity contribution in [2.75, 3.05) is 7.11 Å². The number of methoxy groups -OCH3 is 1. The molecule has 0 amide bonds. The Morgan fingerprint density at radius 2 is 1.43 bits per heavy atom. The molecule has 0 aliphatic carbocycles. The smallest absolute Gasteiger partial charge is 0.229 e. The first-order valence-electron chi connectivity index (χ1n) is 7.47. The zero-order valence-electron chi connectivity index (χ0n) is 14.8. The number of benzene rings is 1. The molecule has 0 unspecified atom stereocenters. The first kappa shape index (κ1) is 18.6. The average molecular weight is 373 g/mol. The van der Waals surface area contributed by atoms with Crippen LogP contribution in [0.25, 0.3) is 0 Å². The lowest BCUT2D eigenvalue weighted by molar-refractivity contribution is 0.373. The number of rotatable bonds is 3. The highest BCUT2D eigenvalue weighted by Gasteiger charge is 2.33. The minimum absolute atomic E-state index is 0.0195. The Kier molecular flexibility index (Phi) is 5.60. The maximum absolute atomic E-state index is 6.10. The fraction of sp³-hybridized carbons (Fsp3) is 0.647. The molecule has 0 N–H and O–H groups in total. The third kappa shape index (κ3) is 4.25. The predicted molar refractivity (Wildman–Crippen MR) is 97.6 cm³/mol. The van der Waals surface area contributed by atoms with Gasteiger partial charge in [0.2, 0.25) is 9.04 Å². The Morgan fingerprint density at radius 3 is 1.76 bits per heavy atom. The molecule has 0 aliphatic heterocycles. The van der Waals surface area contributed by atoms with Crippen molar-refractivity contribution in [3.8, 4) is 11.5 Å². The summed E-state index contributed by atoms with van der Waals surface area (Å²) in [5, 5.41) is 0. The van der Waals surface area contributed by atoms with Gasteiger partial charge in [-0.05, 0) is 35.6 Å². The minimum Gasteiger partial charge on any atom is -0.544 e. The molecular weight excluding hydrogens is 344 g/mol. The highest BCUT2D eigenvalue weighted by molar-refractivity contribution is 9.10. The van der Waals surface area contributed by atoms with Gasteiger partial charge in [0.15, 0.2) is 5.75 Å². The maximum Gasteiger partial charge on any atom is 0.229 e. The van der Waals surface area contributed by atoms with Crippen molar-refractivity contribution in [2.45, 2.75) is 65.5 Å². The summed E-state index contributed by atoms with van der Waals surface area (Å²) in [6, 6.07) is 2.07. The number of hydrogen-bond donors (Lipinski definition) is 0. The Hall–Kier alpha value is -0.483. The number of hydrogen-bond acceptors (Lipinski definition) is 2. The van der Waals surface area contributed by atoms with E-state index in [0.29, 0.717) is 0 Å². The molecular formula is C17H29BrO2Si. The molecule has 0 saturated carbocycles. The summed E-state index contributed by atoms with van der Waals surface area (Å²) in [5.74, 6) is 1.75. The maximum atomic E-state index is 6.10. The molecule has 1 aromatic carbocycles.